The normalized spacial score (nSPS) is 47.3. The van der Waals surface area contributed by atoms with Crippen molar-refractivity contribution in [2.45, 2.75) is 58.3 Å². The lowest BCUT2D eigenvalue weighted by molar-refractivity contribution is -0.155. The molecule has 3 nitrogen and oxygen atoms in total. The Morgan fingerprint density at radius 3 is 2.35 bits per heavy atom. The van der Waals surface area contributed by atoms with Crippen LogP contribution in [0, 0.1) is 28.1 Å². The minimum atomic E-state index is -0.0651. The van der Waals surface area contributed by atoms with E-state index in [0.717, 1.165) is 43.9 Å². The van der Waals surface area contributed by atoms with Crippen LogP contribution in [0.25, 0.3) is 0 Å². The molecule has 0 heterocycles. The molecular formula is C17H27NO2. The molecule has 0 aromatic carbocycles. The lowest BCUT2D eigenvalue weighted by Crippen LogP contribution is -2.57. The number of hydrogen-bond donors (Lipinski definition) is 2. The van der Waals surface area contributed by atoms with Crippen LogP contribution in [0.4, 0.5) is 0 Å². The average molecular weight is 277 g/mol. The van der Waals surface area contributed by atoms with Crippen LogP contribution in [-0.4, -0.2) is 24.2 Å². The van der Waals surface area contributed by atoms with Gasteiger partial charge in [-0.15, -0.1) is 0 Å². The van der Waals surface area contributed by atoms with Crippen molar-refractivity contribution in [1.29, 1.82) is 0 Å². The standard InChI is InChI=1S/C17H27NO2/c1-15-5-12-4-13(6-15)8-17(7-12,9-15)14(20)18-10-16(11-19)2-3-16/h12-13,19H,2-11H2,1H3,(H,18,20). The van der Waals surface area contributed by atoms with E-state index in [1.165, 1.54) is 19.3 Å². The predicted octanol–water partition coefficient (Wildman–Crippen LogP) is 2.48. The van der Waals surface area contributed by atoms with Gasteiger partial charge in [0.15, 0.2) is 0 Å². The highest BCUT2D eigenvalue weighted by Crippen LogP contribution is 2.65. The molecule has 2 N–H and O–H groups in total. The largest absolute Gasteiger partial charge is 0.396 e. The molecule has 5 rings (SSSR count). The van der Waals surface area contributed by atoms with Crippen molar-refractivity contribution in [3.8, 4) is 0 Å². The second-order valence-corrected chi connectivity index (χ2v) is 8.89. The van der Waals surface area contributed by atoms with Gasteiger partial charge in [-0.2, -0.15) is 0 Å². The molecule has 0 radical (unpaired) electrons. The zero-order valence-corrected chi connectivity index (χ0v) is 12.6. The van der Waals surface area contributed by atoms with Crippen LogP contribution in [0.1, 0.15) is 58.3 Å². The highest BCUT2D eigenvalue weighted by atomic mass is 16.3. The van der Waals surface area contributed by atoms with Crippen LogP contribution in [0.5, 0.6) is 0 Å². The number of aliphatic hydroxyl groups is 1. The van der Waals surface area contributed by atoms with Crippen molar-refractivity contribution in [2.24, 2.45) is 28.1 Å². The predicted molar refractivity (Wildman–Crippen MR) is 77.0 cm³/mol. The minimum absolute atomic E-state index is 0.0296. The van der Waals surface area contributed by atoms with E-state index in [0.29, 0.717) is 17.9 Å². The molecule has 2 unspecified atom stereocenters. The summed E-state index contributed by atoms with van der Waals surface area (Å²) in [7, 11) is 0. The maximum absolute atomic E-state index is 12.8. The van der Waals surface area contributed by atoms with Crippen molar-refractivity contribution < 1.29 is 9.90 Å². The summed E-state index contributed by atoms with van der Waals surface area (Å²) < 4.78 is 0. The quantitative estimate of drug-likeness (QED) is 0.829. The first kappa shape index (κ1) is 13.1. The molecule has 5 fully saturated rings. The molecule has 5 aliphatic carbocycles. The van der Waals surface area contributed by atoms with Gasteiger partial charge in [-0.25, -0.2) is 0 Å². The maximum Gasteiger partial charge on any atom is 0.226 e. The number of rotatable bonds is 4. The second-order valence-electron chi connectivity index (χ2n) is 8.89. The summed E-state index contributed by atoms with van der Waals surface area (Å²) in [4.78, 5) is 12.8. The molecule has 5 aliphatic rings. The van der Waals surface area contributed by atoms with Gasteiger partial charge in [0.25, 0.3) is 0 Å². The molecular weight excluding hydrogens is 250 g/mol. The topological polar surface area (TPSA) is 49.3 Å². The molecule has 20 heavy (non-hydrogen) atoms. The highest BCUT2D eigenvalue weighted by molar-refractivity contribution is 5.83. The Hall–Kier alpha value is -0.570. The highest BCUT2D eigenvalue weighted by Gasteiger charge is 2.59. The van der Waals surface area contributed by atoms with Crippen LogP contribution >= 0.6 is 0 Å². The van der Waals surface area contributed by atoms with E-state index in [1.54, 1.807) is 0 Å². The SMILES string of the molecule is CC12CC3CC(C1)CC(C(=O)NCC1(CO)CC1)(C3)C2. The van der Waals surface area contributed by atoms with E-state index in [1.807, 2.05) is 0 Å². The Kier molecular flexibility index (Phi) is 2.62. The number of carbonyl (C=O) groups is 1. The van der Waals surface area contributed by atoms with Gasteiger partial charge >= 0.3 is 0 Å². The number of amides is 1. The third kappa shape index (κ3) is 1.93. The van der Waals surface area contributed by atoms with E-state index < -0.39 is 0 Å². The minimum Gasteiger partial charge on any atom is -0.396 e. The Bertz CT molecular complexity index is 426. The van der Waals surface area contributed by atoms with Gasteiger partial charge in [0.05, 0.1) is 12.0 Å². The molecule has 0 spiro atoms. The van der Waals surface area contributed by atoms with Crippen molar-refractivity contribution >= 4 is 5.91 Å². The number of hydrogen-bond acceptors (Lipinski definition) is 2. The fourth-order valence-electron chi connectivity index (χ4n) is 6.01. The Morgan fingerprint density at radius 2 is 1.85 bits per heavy atom. The summed E-state index contributed by atoms with van der Waals surface area (Å²) in [5.74, 6) is 1.89. The molecule has 3 heteroatoms. The Labute approximate surface area is 121 Å². The van der Waals surface area contributed by atoms with Crippen LogP contribution in [-0.2, 0) is 4.79 Å². The molecule has 4 bridgehead atoms. The molecule has 112 valence electrons. The molecule has 0 saturated heterocycles. The summed E-state index contributed by atoms with van der Waals surface area (Å²) in [6.07, 6.45) is 9.54. The van der Waals surface area contributed by atoms with Gasteiger partial charge in [0.2, 0.25) is 5.91 Å². The van der Waals surface area contributed by atoms with Crippen LogP contribution < -0.4 is 5.32 Å². The molecule has 0 aromatic heterocycles. The van der Waals surface area contributed by atoms with Crippen LogP contribution in [0.15, 0.2) is 0 Å². The lowest BCUT2D eigenvalue weighted by Gasteiger charge is -2.60. The summed E-state index contributed by atoms with van der Waals surface area (Å²) in [6.45, 7) is 3.32. The van der Waals surface area contributed by atoms with E-state index in [4.69, 9.17) is 0 Å². The molecule has 0 aliphatic heterocycles. The second kappa shape index (κ2) is 4.00. The third-order valence-corrected chi connectivity index (χ3v) is 6.75. The summed E-state index contributed by atoms with van der Waals surface area (Å²) in [5, 5.41) is 12.6. The van der Waals surface area contributed by atoms with Gasteiger partial charge in [0, 0.05) is 12.0 Å². The number of aliphatic hydroxyl groups excluding tert-OH is 1. The van der Waals surface area contributed by atoms with Gasteiger partial charge < -0.3 is 10.4 Å². The molecule has 5 saturated carbocycles. The van der Waals surface area contributed by atoms with E-state index in [2.05, 4.69) is 12.2 Å². The van der Waals surface area contributed by atoms with E-state index in [-0.39, 0.29) is 17.4 Å². The molecule has 1 amide bonds. The fourth-order valence-corrected chi connectivity index (χ4v) is 6.01. The number of carbonyl (C=O) groups excluding carboxylic acids is 1. The first-order chi connectivity index (χ1) is 9.47. The van der Waals surface area contributed by atoms with Gasteiger partial charge in [-0.05, 0) is 68.6 Å². The first-order valence-corrected chi connectivity index (χ1v) is 8.36. The maximum atomic E-state index is 12.8. The van der Waals surface area contributed by atoms with Crippen molar-refractivity contribution in [3.63, 3.8) is 0 Å². The van der Waals surface area contributed by atoms with Crippen LogP contribution in [0.2, 0.25) is 0 Å². The Balaban J connectivity index is 1.48. The monoisotopic (exact) mass is 277 g/mol. The fraction of sp³-hybridized carbons (Fsp3) is 0.941. The van der Waals surface area contributed by atoms with Crippen LogP contribution in [0.3, 0.4) is 0 Å². The number of nitrogens with one attached hydrogen (secondary N) is 1. The average Bonchev–Trinajstić information content (AvgIpc) is 3.13. The lowest BCUT2D eigenvalue weighted by atomic mass is 9.44. The Morgan fingerprint density at radius 1 is 1.20 bits per heavy atom. The van der Waals surface area contributed by atoms with Crippen molar-refractivity contribution in [1.82, 2.24) is 5.32 Å². The van der Waals surface area contributed by atoms with Gasteiger partial charge in [0.1, 0.15) is 0 Å². The third-order valence-electron chi connectivity index (χ3n) is 6.75. The smallest absolute Gasteiger partial charge is 0.226 e. The summed E-state index contributed by atoms with van der Waals surface area (Å²) >= 11 is 0. The van der Waals surface area contributed by atoms with E-state index in [9.17, 15) is 9.90 Å². The zero-order chi connectivity index (χ0) is 14.0. The molecule has 2 atom stereocenters. The van der Waals surface area contributed by atoms with Gasteiger partial charge in [-0.1, -0.05) is 6.92 Å². The zero-order valence-electron chi connectivity index (χ0n) is 12.6. The van der Waals surface area contributed by atoms with Gasteiger partial charge in [-0.3, -0.25) is 4.79 Å². The summed E-state index contributed by atoms with van der Waals surface area (Å²) in [5.41, 5.74) is 0.391. The molecule has 0 aromatic rings. The van der Waals surface area contributed by atoms with E-state index >= 15 is 0 Å². The van der Waals surface area contributed by atoms with Crippen molar-refractivity contribution in [2.75, 3.05) is 13.2 Å². The summed E-state index contributed by atoms with van der Waals surface area (Å²) in [6, 6.07) is 0. The first-order valence-electron chi connectivity index (χ1n) is 8.36. The van der Waals surface area contributed by atoms with Crippen molar-refractivity contribution in [3.05, 3.63) is 0 Å².